The van der Waals surface area contributed by atoms with E-state index in [4.69, 9.17) is 4.74 Å². The van der Waals surface area contributed by atoms with Crippen molar-refractivity contribution in [3.8, 4) is 5.75 Å². The third kappa shape index (κ3) is 4.28. The van der Waals surface area contributed by atoms with Crippen LogP contribution < -0.4 is 9.64 Å². The number of nitrogens with zero attached hydrogens (tertiary/aromatic N) is 2. The van der Waals surface area contributed by atoms with Crippen LogP contribution in [0.15, 0.2) is 66.7 Å². The Kier molecular flexibility index (Phi) is 5.60. The number of halogens is 2. The number of anilines is 2. The van der Waals surface area contributed by atoms with Crippen molar-refractivity contribution in [2.75, 3.05) is 24.5 Å². The van der Waals surface area contributed by atoms with Crippen LogP contribution in [0.3, 0.4) is 0 Å². The van der Waals surface area contributed by atoms with Crippen molar-refractivity contribution >= 4 is 11.4 Å². The van der Waals surface area contributed by atoms with Crippen LogP contribution in [0.5, 0.6) is 5.75 Å². The Bertz CT molecular complexity index is 1050. The summed E-state index contributed by atoms with van der Waals surface area (Å²) in [7, 11) is 0. The maximum atomic E-state index is 13.9. The Labute approximate surface area is 181 Å². The Morgan fingerprint density at radius 2 is 1.71 bits per heavy atom. The summed E-state index contributed by atoms with van der Waals surface area (Å²) in [6.07, 6.45) is 3.19. The van der Waals surface area contributed by atoms with Gasteiger partial charge in [0.25, 0.3) is 0 Å². The van der Waals surface area contributed by atoms with Gasteiger partial charge in [-0.1, -0.05) is 24.3 Å². The molecule has 2 heterocycles. The van der Waals surface area contributed by atoms with E-state index in [0.717, 1.165) is 67.1 Å². The molecular formula is C26H26F2N2O. The lowest BCUT2D eigenvalue weighted by Crippen LogP contribution is -2.39. The second-order valence-electron chi connectivity index (χ2n) is 8.35. The Balaban J connectivity index is 1.38. The molecule has 0 N–H and O–H groups in total. The summed E-state index contributed by atoms with van der Waals surface area (Å²) in [6.45, 7) is 3.19. The first-order valence-corrected chi connectivity index (χ1v) is 10.9. The lowest BCUT2D eigenvalue weighted by Gasteiger charge is -2.32. The highest BCUT2D eigenvalue weighted by molar-refractivity contribution is 5.73. The van der Waals surface area contributed by atoms with Crippen LogP contribution in [0.4, 0.5) is 20.2 Å². The van der Waals surface area contributed by atoms with Crippen LogP contribution >= 0.6 is 0 Å². The second-order valence-corrected chi connectivity index (χ2v) is 8.35. The zero-order chi connectivity index (χ0) is 21.2. The van der Waals surface area contributed by atoms with Crippen molar-refractivity contribution in [1.82, 2.24) is 4.90 Å². The molecule has 0 spiro atoms. The molecule has 1 saturated heterocycles. The van der Waals surface area contributed by atoms with Gasteiger partial charge in [-0.15, -0.1) is 0 Å². The predicted molar refractivity (Wildman–Crippen MR) is 119 cm³/mol. The fourth-order valence-electron chi connectivity index (χ4n) is 4.75. The average Bonchev–Trinajstić information content (AvgIpc) is 3.17. The van der Waals surface area contributed by atoms with Crippen molar-refractivity contribution in [3.05, 3.63) is 89.5 Å². The molecular weight excluding hydrogens is 394 g/mol. The molecule has 1 fully saturated rings. The molecule has 2 aliphatic heterocycles. The van der Waals surface area contributed by atoms with Crippen LogP contribution in [0.1, 0.15) is 24.0 Å². The fourth-order valence-corrected chi connectivity index (χ4v) is 4.75. The van der Waals surface area contributed by atoms with E-state index in [1.807, 2.05) is 36.4 Å². The fraction of sp³-hybridized carbons (Fsp3) is 0.308. The van der Waals surface area contributed by atoms with E-state index < -0.39 is 0 Å². The van der Waals surface area contributed by atoms with Gasteiger partial charge in [-0.2, -0.15) is 0 Å². The molecule has 0 radical (unpaired) electrons. The standard InChI is InChI=1S/C26H26F2N2O/c27-21-9-7-19(8-10-21)13-15-29-14-3-4-23(29)17-30-24-12-11-22(28)16-20(24)18-31-26-6-2-1-5-25(26)30/h1-2,5-12,16,23H,3-4,13-15,17-18H2. The third-order valence-electron chi connectivity index (χ3n) is 6.36. The van der Waals surface area contributed by atoms with E-state index >= 15 is 0 Å². The quantitative estimate of drug-likeness (QED) is 0.526. The summed E-state index contributed by atoms with van der Waals surface area (Å²) in [5.74, 6) is 0.393. The number of likely N-dealkylation sites (tertiary alicyclic amines) is 1. The number of hydrogen-bond donors (Lipinski definition) is 0. The number of hydrogen-bond acceptors (Lipinski definition) is 3. The number of ether oxygens (including phenoxy) is 1. The van der Waals surface area contributed by atoms with Gasteiger partial charge in [0, 0.05) is 30.4 Å². The molecule has 0 aromatic heterocycles. The molecule has 1 unspecified atom stereocenters. The number of benzene rings is 3. The first-order valence-electron chi connectivity index (χ1n) is 10.9. The van der Waals surface area contributed by atoms with E-state index in [9.17, 15) is 8.78 Å². The van der Waals surface area contributed by atoms with Gasteiger partial charge in [-0.05, 0) is 73.8 Å². The molecule has 3 nitrogen and oxygen atoms in total. The van der Waals surface area contributed by atoms with E-state index in [1.54, 1.807) is 6.07 Å². The maximum Gasteiger partial charge on any atom is 0.143 e. The number of fused-ring (bicyclic) bond motifs is 2. The number of rotatable bonds is 5. The van der Waals surface area contributed by atoms with Crippen molar-refractivity contribution in [1.29, 1.82) is 0 Å². The Morgan fingerprint density at radius 1 is 0.903 bits per heavy atom. The Hall–Kier alpha value is -2.92. The SMILES string of the molecule is Fc1ccc(CCN2CCCC2CN2c3ccc(F)cc3COc3ccccc32)cc1. The summed E-state index contributed by atoms with van der Waals surface area (Å²) in [5, 5.41) is 0. The maximum absolute atomic E-state index is 13.9. The molecule has 5 rings (SSSR count). The summed E-state index contributed by atoms with van der Waals surface area (Å²) in [6, 6.07) is 20.2. The highest BCUT2D eigenvalue weighted by atomic mass is 19.1. The van der Waals surface area contributed by atoms with Crippen LogP contribution in [0.2, 0.25) is 0 Å². The molecule has 5 heteroatoms. The number of para-hydroxylation sites is 2. The van der Waals surface area contributed by atoms with Crippen LogP contribution in [-0.4, -0.2) is 30.6 Å². The van der Waals surface area contributed by atoms with Gasteiger partial charge < -0.3 is 9.64 Å². The first-order chi connectivity index (χ1) is 15.2. The van der Waals surface area contributed by atoms with E-state index in [2.05, 4.69) is 15.9 Å². The smallest absolute Gasteiger partial charge is 0.143 e. The lowest BCUT2D eigenvalue weighted by atomic mass is 10.1. The molecule has 0 amide bonds. The zero-order valence-electron chi connectivity index (χ0n) is 17.4. The summed E-state index contributed by atoms with van der Waals surface area (Å²) < 4.78 is 33.1. The van der Waals surface area contributed by atoms with Gasteiger partial charge in [0.15, 0.2) is 0 Å². The van der Waals surface area contributed by atoms with Gasteiger partial charge in [-0.3, -0.25) is 4.90 Å². The molecule has 1 atom stereocenters. The third-order valence-corrected chi connectivity index (χ3v) is 6.36. The van der Waals surface area contributed by atoms with Crippen LogP contribution in [0, 0.1) is 11.6 Å². The zero-order valence-corrected chi connectivity index (χ0v) is 17.4. The molecule has 0 saturated carbocycles. The van der Waals surface area contributed by atoms with Crippen molar-refractivity contribution in [3.63, 3.8) is 0 Å². The van der Waals surface area contributed by atoms with E-state index in [-0.39, 0.29) is 11.6 Å². The summed E-state index contributed by atoms with van der Waals surface area (Å²) >= 11 is 0. The molecule has 3 aromatic rings. The molecule has 0 aliphatic carbocycles. The monoisotopic (exact) mass is 420 g/mol. The van der Waals surface area contributed by atoms with Gasteiger partial charge >= 0.3 is 0 Å². The molecule has 0 bridgehead atoms. The average molecular weight is 421 g/mol. The lowest BCUT2D eigenvalue weighted by molar-refractivity contribution is 0.261. The highest BCUT2D eigenvalue weighted by Gasteiger charge is 2.30. The molecule has 2 aliphatic rings. The van der Waals surface area contributed by atoms with Gasteiger partial charge in [0.05, 0.1) is 5.69 Å². The highest BCUT2D eigenvalue weighted by Crippen LogP contribution is 2.40. The van der Waals surface area contributed by atoms with Crippen molar-refractivity contribution < 1.29 is 13.5 Å². The second kappa shape index (κ2) is 8.67. The Morgan fingerprint density at radius 3 is 2.58 bits per heavy atom. The van der Waals surface area contributed by atoms with Gasteiger partial charge in [0.2, 0.25) is 0 Å². The summed E-state index contributed by atoms with van der Waals surface area (Å²) in [5.41, 5.74) is 4.06. The minimum absolute atomic E-state index is 0.194. The largest absolute Gasteiger partial charge is 0.487 e. The molecule has 3 aromatic carbocycles. The molecule has 160 valence electrons. The van der Waals surface area contributed by atoms with Crippen molar-refractivity contribution in [2.24, 2.45) is 0 Å². The predicted octanol–water partition coefficient (Wildman–Crippen LogP) is 5.70. The van der Waals surface area contributed by atoms with E-state index in [1.165, 1.54) is 18.2 Å². The topological polar surface area (TPSA) is 15.7 Å². The minimum atomic E-state index is -0.241. The first kappa shape index (κ1) is 20.0. The van der Waals surface area contributed by atoms with Crippen molar-refractivity contribution in [2.45, 2.75) is 31.9 Å². The van der Waals surface area contributed by atoms with Gasteiger partial charge in [0.1, 0.15) is 24.0 Å². The minimum Gasteiger partial charge on any atom is -0.487 e. The summed E-state index contributed by atoms with van der Waals surface area (Å²) in [4.78, 5) is 4.82. The van der Waals surface area contributed by atoms with Crippen LogP contribution in [0.25, 0.3) is 0 Å². The van der Waals surface area contributed by atoms with E-state index in [0.29, 0.717) is 12.6 Å². The normalized spacial score (nSPS) is 18.3. The van der Waals surface area contributed by atoms with Gasteiger partial charge in [-0.25, -0.2) is 8.78 Å². The van der Waals surface area contributed by atoms with Crippen LogP contribution in [-0.2, 0) is 13.0 Å². The molecule has 31 heavy (non-hydrogen) atoms.